The van der Waals surface area contributed by atoms with Gasteiger partial charge in [-0.1, -0.05) is 0 Å². The summed E-state index contributed by atoms with van der Waals surface area (Å²) in [6.45, 7) is 3.37. The van der Waals surface area contributed by atoms with E-state index in [0.29, 0.717) is 13.0 Å². The molecule has 2 atom stereocenters. The number of hydrogen-bond donors (Lipinski definition) is 2. The van der Waals surface area contributed by atoms with Gasteiger partial charge in [0.2, 0.25) is 5.16 Å². The molecule has 0 spiro atoms. The maximum atomic E-state index is 12.3. The number of nitrogens with one attached hydrogen (secondary N) is 2. The third-order valence-electron chi connectivity index (χ3n) is 3.66. The molecule has 0 unspecified atom stereocenters. The van der Waals surface area contributed by atoms with E-state index >= 15 is 0 Å². The number of H-pyrrole nitrogens is 1. The molecule has 0 aromatic carbocycles. The van der Waals surface area contributed by atoms with Crippen LogP contribution in [0.5, 0.6) is 0 Å². The van der Waals surface area contributed by atoms with Crippen molar-refractivity contribution in [1.82, 2.24) is 24.5 Å². The zero-order valence-electron chi connectivity index (χ0n) is 12.3. The van der Waals surface area contributed by atoms with E-state index in [1.54, 1.807) is 10.9 Å². The summed E-state index contributed by atoms with van der Waals surface area (Å²) in [6.07, 6.45) is 7.70. The van der Waals surface area contributed by atoms with E-state index in [2.05, 4.69) is 19.8 Å². The highest BCUT2D eigenvalue weighted by molar-refractivity contribution is 7.89. The van der Waals surface area contributed by atoms with Crippen LogP contribution in [-0.2, 0) is 21.3 Å². The average molecular weight is 325 g/mol. The number of aryl methyl sites for hydroxylation is 1. The van der Waals surface area contributed by atoms with Gasteiger partial charge in [0.05, 0.1) is 12.2 Å². The molecule has 1 aliphatic heterocycles. The van der Waals surface area contributed by atoms with Gasteiger partial charge in [-0.2, -0.15) is 5.10 Å². The Kier molecular flexibility index (Phi) is 4.27. The smallest absolute Gasteiger partial charge is 0.274 e. The molecule has 2 aromatic rings. The maximum Gasteiger partial charge on any atom is 0.274 e. The van der Waals surface area contributed by atoms with Gasteiger partial charge >= 0.3 is 0 Å². The van der Waals surface area contributed by atoms with Crippen LogP contribution in [0.3, 0.4) is 0 Å². The number of imidazole rings is 1. The minimum absolute atomic E-state index is 0.0823. The SMILES string of the molecule is CCn1cc([C@@H]2OCCC[C@H]2NS(=O)(=O)c2ncc[nH]2)cn1. The van der Waals surface area contributed by atoms with Crippen LogP contribution < -0.4 is 4.72 Å². The fourth-order valence-electron chi connectivity index (χ4n) is 2.58. The molecule has 120 valence electrons. The third-order valence-corrected chi connectivity index (χ3v) is 5.01. The van der Waals surface area contributed by atoms with Crippen LogP contribution in [0.4, 0.5) is 0 Å². The van der Waals surface area contributed by atoms with Crippen LogP contribution in [-0.4, -0.2) is 40.8 Å². The monoisotopic (exact) mass is 325 g/mol. The second-order valence-electron chi connectivity index (χ2n) is 5.19. The molecule has 1 saturated heterocycles. The van der Waals surface area contributed by atoms with Gasteiger partial charge in [-0.3, -0.25) is 4.68 Å². The minimum atomic E-state index is -3.68. The van der Waals surface area contributed by atoms with Crippen molar-refractivity contribution < 1.29 is 13.2 Å². The van der Waals surface area contributed by atoms with Crippen LogP contribution in [0.15, 0.2) is 29.9 Å². The summed E-state index contributed by atoms with van der Waals surface area (Å²) in [5.41, 5.74) is 0.883. The summed E-state index contributed by atoms with van der Waals surface area (Å²) in [5, 5.41) is 4.15. The zero-order valence-corrected chi connectivity index (χ0v) is 13.1. The average Bonchev–Trinajstić information content (AvgIpc) is 3.19. The molecule has 0 radical (unpaired) electrons. The molecule has 0 bridgehead atoms. The van der Waals surface area contributed by atoms with Gasteiger partial charge in [-0.25, -0.2) is 18.1 Å². The normalized spacial score (nSPS) is 22.8. The Labute approximate surface area is 128 Å². The summed E-state index contributed by atoms with van der Waals surface area (Å²) in [7, 11) is -3.68. The number of nitrogens with zero attached hydrogens (tertiary/aromatic N) is 3. The molecule has 2 aromatic heterocycles. The van der Waals surface area contributed by atoms with Gasteiger partial charge in [-0.15, -0.1) is 0 Å². The Hall–Kier alpha value is -1.71. The van der Waals surface area contributed by atoms with E-state index in [9.17, 15) is 8.42 Å². The maximum absolute atomic E-state index is 12.3. The standard InChI is InChI=1S/C13H19N5O3S/c1-2-18-9-10(8-16-18)12-11(4-3-7-21-12)17-22(19,20)13-14-5-6-15-13/h5-6,8-9,11-12,17H,2-4,7H2,1H3,(H,14,15)/t11-,12+/m1/s1. The van der Waals surface area contributed by atoms with Crippen molar-refractivity contribution in [2.24, 2.45) is 0 Å². The van der Waals surface area contributed by atoms with E-state index in [-0.39, 0.29) is 17.3 Å². The van der Waals surface area contributed by atoms with Gasteiger partial charge in [0, 0.05) is 37.3 Å². The highest BCUT2D eigenvalue weighted by Crippen LogP contribution is 2.29. The molecule has 0 amide bonds. The second kappa shape index (κ2) is 6.19. The first-order chi connectivity index (χ1) is 10.6. The predicted molar refractivity (Wildman–Crippen MR) is 78.5 cm³/mol. The summed E-state index contributed by atoms with van der Waals surface area (Å²) in [6, 6.07) is -0.335. The molecule has 1 fully saturated rings. The van der Waals surface area contributed by atoms with E-state index in [1.807, 2.05) is 13.1 Å². The van der Waals surface area contributed by atoms with E-state index in [4.69, 9.17) is 4.74 Å². The number of hydrogen-bond acceptors (Lipinski definition) is 5. The molecule has 2 N–H and O–H groups in total. The van der Waals surface area contributed by atoms with Gasteiger partial charge in [0.25, 0.3) is 10.0 Å². The predicted octanol–water partition coefficient (Wildman–Crippen LogP) is 0.825. The first kappa shape index (κ1) is 15.2. The van der Waals surface area contributed by atoms with Crippen molar-refractivity contribution in [3.63, 3.8) is 0 Å². The quantitative estimate of drug-likeness (QED) is 0.847. The Morgan fingerprint density at radius 2 is 2.41 bits per heavy atom. The van der Waals surface area contributed by atoms with Crippen molar-refractivity contribution in [2.75, 3.05) is 6.61 Å². The molecule has 8 nitrogen and oxygen atoms in total. The van der Waals surface area contributed by atoms with Crippen LogP contribution >= 0.6 is 0 Å². The summed E-state index contributed by atoms with van der Waals surface area (Å²) in [4.78, 5) is 6.42. The molecule has 9 heteroatoms. The topological polar surface area (TPSA) is 102 Å². The fourth-order valence-corrected chi connectivity index (χ4v) is 3.76. The molecule has 22 heavy (non-hydrogen) atoms. The lowest BCUT2D eigenvalue weighted by Crippen LogP contribution is -2.42. The number of aromatic nitrogens is 4. The second-order valence-corrected chi connectivity index (χ2v) is 6.81. The number of sulfonamides is 1. The van der Waals surface area contributed by atoms with Gasteiger partial charge < -0.3 is 9.72 Å². The van der Waals surface area contributed by atoms with Crippen molar-refractivity contribution in [2.45, 2.75) is 43.6 Å². The highest BCUT2D eigenvalue weighted by Gasteiger charge is 2.33. The van der Waals surface area contributed by atoms with Crippen molar-refractivity contribution in [1.29, 1.82) is 0 Å². The van der Waals surface area contributed by atoms with Crippen molar-refractivity contribution in [3.8, 4) is 0 Å². The summed E-state index contributed by atoms with van der Waals surface area (Å²) < 4.78 is 34.9. The Morgan fingerprint density at radius 1 is 1.55 bits per heavy atom. The van der Waals surface area contributed by atoms with E-state index in [1.165, 1.54) is 12.4 Å². The van der Waals surface area contributed by atoms with Crippen molar-refractivity contribution >= 4 is 10.0 Å². The lowest BCUT2D eigenvalue weighted by atomic mass is 9.99. The van der Waals surface area contributed by atoms with Gasteiger partial charge in [0.15, 0.2) is 0 Å². The molecular weight excluding hydrogens is 306 g/mol. The Balaban J connectivity index is 1.81. The first-order valence-corrected chi connectivity index (χ1v) is 8.74. The summed E-state index contributed by atoms with van der Waals surface area (Å²) >= 11 is 0. The van der Waals surface area contributed by atoms with Crippen LogP contribution in [0.2, 0.25) is 0 Å². The van der Waals surface area contributed by atoms with Gasteiger partial charge in [0.1, 0.15) is 6.10 Å². The third kappa shape index (κ3) is 3.06. The number of rotatable bonds is 5. The van der Waals surface area contributed by atoms with Crippen molar-refractivity contribution in [3.05, 3.63) is 30.4 Å². The van der Waals surface area contributed by atoms with E-state index < -0.39 is 10.0 Å². The van der Waals surface area contributed by atoms with Crippen LogP contribution in [0.25, 0.3) is 0 Å². The van der Waals surface area contributed by atoms with Gasteiger partial charge in [-0.05, 0) is 19.8 Å². The fraction of sp³-hybridized carbons (Fsp3) is 0.538. The van der Waals surface area contributed by atoms with Crippen LogP contribution in [0, 0.1) is 0 Å². The Morgan fingerprint density at radius 3 is 3.09 bits per heavy atom. The highest BCUT2D eigenvalue weighted by atomic mass is 32.2. The Bertz CT molecular complexity index is 710. The molecule has 0 saturated carbocycles. The molecule has 3 rings (SSSR count). The first-order valence-electron chi connectivity index (χ1n) is 7.26. The number of ether oxygens (including phenoxy) is 1. The minimum Gasteiger partial charge on any atom is -0.372 e. The van der Waals surface area contributed by atoms with Crippen LogP contribution in [0.1, 0.15) is 31.4 Å². The molecule has 0 aliphatic carbocycles. The van der Waals surface area contributed by atoms with E-state index in [0.717, 1.165) is 18.5 Å². The summed E-state index contributed by atoms with van der Waals surface area (Å²) in [5.74, 6) is 0. The molecule has 3 heterocycles. The molecular formula is C13H19N5O3S. The largest absolute Gasteiger partial charge is 0.372 e. The zero-order chi connectivity index (χ0) is 15.6. The lowest BCUT2D eigenvalue weighted by Gasteiger charge is -2.31. The lowest BCUT2D eigenvalue weighted by molar-refractivity contribution is -0.00450. The molecule has 1 aliphatic rings. The number of aromatic amines is 1.